The van der Waals surface area contributed by atoms with Crippen molar-refractivity contribution in [3.63, 3.8) is 0 Å². The third kappa shape index (κ3) is 5.01. The van der Waals surface area contributed by atoms with Gasteiger partial charge in [0.25, 0.3) is 0 Å². The average molecular weight is 528 g/mol. The van der Waals surface area contributed by atoms with Crippen LogP contribution in [0.2, 0.25) is 0 Å². The lowest BCUT2D eigenvalue weighted by Gasteiger charge is -2.33. The number of benzene rings is 2. The van der Waals surface area contributed by atoms with Crippen molar-refractivity contribution >= 4 is 17.0 Å². The van der Waals surface area contributed by atoms with E-state index in [9.17, 15) is 9.90 Å². The van der Waals surface area contributed by atoms with Crippen molar-refractivity contribution in [3.05, 3.63) is 82.0 Å². The molecular formula is C31H37N5O3. The number of carboxylic acids is 1. The van der Waals surface area contributed by atoms with Gasteiger partial charge in [0, 0.05) is 44.4 Å². The van der Waals surface area contributed by atoms with Crippen LogP contribution in [-0.4, -0.2) is 48.6 Å². The van der Waals surface area contributed by atoms with Crippen molar-refractivity contribution in [1.29, 1.82) is 0 Å². The lowest BCUT2D eigenvalue weighted by Crippen LogP contribution is -2.33. The Kier molecular flexibility index (Phi) is 7.16. The summed E-state index contributed by atoms with van der Waals surface area (Å²) in [6.07, 6.45) is 2.73. The van der Waals surface area contributed by atoms with Crippen molar-refractivity contribution in [2.45, 2.75) is 66.2 Å². The van der Waals surface area contributed by atoms with Gasteiger partial charge in [-0.2, -0.15) is 0 Å². The van der Waals surface area contributed by atoms with E-state index in [1.165, 1.54) is 11.1 Å². The van der Waals surface area contributed by atoms with Gasteiger partial charge in [-0.05, 0) is 74.1 Å². The standard InChI is InChI=1S/C31H37N5O3/c1-7-24-18-36(16-22-9-8-14-32-29(22)39-24)17-23-15-21(11-10-19(23)2)27(31(4,5)30(37)38)25-12-13-26-28(20(25)3)33-34-35(26)6/h8-15,24,27H,7,16-18H2,1-6H3,(H,37,38). The second kappa shape index (κ2) is 10.4. The number of carbonyl (C=O) groups is 1. The van der Waals surface area contributed by atoms with Gasteiger partial charge < -0.3 is 9.84 Å². The maximum absolute atomic E-state index is 12.6. The predicted octanol–water partition coefficient (Wildman–Crippen LogP) is 5.40. The van der Waals surface area contributed by atoms with Crippen LogP contribution < -0.4 is 4.74 Å². The number of hydrogen-bond acceptors (Lipinski definition) is 6. The number of aryl methyl sites for hydroxylation is 3. The third-order valence-corrected chi connectivity index (χ3v) is 8.20. The lowest BCUT2D eigenvalue weighted by molar-refractivity contribution is -0.147. The molecule has 0 fully saturated rings. The predicted molar refractivity (Wildman–Crippen MR) is 151 cm³/mol. The quantitative estimate of drug-likeness (QED) is 0.344. The topological polar surface area (TPSA) is 93.4 Å². The largest absolute Gasteiger partial charge is 0.481 e. The van der Waals surface area contributed by atoms with Gasteiger partial charge in [0.15, 0.2) is 0 Å². The third-order valence-electron chi connectivity index (χ3n) is 8.20. The van der Waals surface area contributed by atoms with Crippen molar-refractivity contribution in [3.8, 4) is 5.88 Å². The molecule has 0 radical (unpaired) electrons. The lowest BCUT2D eigenvalue weighted by atomic mass is 9.69. The van der Waals surface area contributed by atoms with Gasteiger partial charge in [0.1, 0.15) is 11.6 Å². The summed E-state index contributed by atoms with van der Waals surface area (Å²) in [6.45, 7) is 12.2. The molecule has 1 N–H and O–H groups in total. The normalized spacial score (nSPS) is 16.9. The molecule has 8 nitrogen and oxygen atoms in total. The molecular weight excluding hydrogens is 490 g/mol. The first-order chi connectivity index (χ1) is 18.6. The van der Waals surface area contributed by atoms with Crippen LogP contribution >= 0.6 is 0 Å². The number of hydrogen-bond donors (Lipinski definition) is 1. The van der Waals surface area contributed by atoms with Crippen LogP contribution in [0.3, 0.4) is 0 Å². The summed E-state index contributed by atoms with van der Waals surface area (Å²) in [6, 6.07) is 14.5. The number of rotatable bonds is 7. The van der Waals surface area contributed by atoms with Gasteiger partial charge in [0.2, 0.25) is 5.88 Å². The zero-order chi connectivity index (χ0) is 27.9. The van der Waals surface area contributed by atoms with E-state index in [1.807, 2.05) is 46.0 Å². The number of ether oxygens (including phenoxy) is 1. The summed E-state index contributed by atoms with van der Waals surface area (Å²) in [5.74, 6) is -0.496. The highest BCUT2D eigenvalue weighted by molar-refractivity contribution is 5.81. The summed E-state index contributed by atoms with van der Waals surface area (Å²) in [4.78, 5) is 19.5. The number of aromatic nitrogens is 4. The first kappa shape index (κ1) is 26.8. The molecule has 1 aliphatic heterocycles. The van der Waals surface area contributed by atoms with Gasteiger partial charge in [0.05, 0.1) is 10.9 Å². The Hall–Kier alpha value is -3.78. The van der Waals surface area contributed by atoms with Crippen LogP contribution in [0.25, 0.3) is 11.0 Å². The van der Waals surface area contributed by atoms with E-state index in [2.05, 4.69) is 58.3 Å². The van der Waals surface area contributed by atoms with Crippen molar-refractivity contribution < 1.29 is 14.6 Å². The molecule has 0 saturated heterocycles. The number of nitrogens with zero attached hydrogens (tertiary/aromatic N) is 5. The molecule has 0 amide bonds. The smallest absolute Gasteiger partial charge is 0.310 e. The molecule has 4 aromatic rings. The van der Waals surface area contributed by atoms with E-state index < -0.39 is 11.4 Å². The van der Waals surface area contributed by atoms with Gasteiger partial charge in [-0.3, -0.25) is 9.69 Å². The molecule has 5 rings (SSSR count). The van der Waals surface area contributed by atoms with Gasteiger partial charge >= 0.3 is 5.97 Å². The first-order valence-corrected chi connectivity index (χ1v) is 13.5. The maximum Gasteiger partial charge on any atom is 0.310 e. The molecule has 204 valence electrons. The Balaban J connectivity index is 1.56. The summed E-state index contributed by atoms with van der Waals surface area (Å²) < 4.78 is 7.96. The van der Waals surface area contributed by atoms with Crippen LogP contribution in [0.4, 0.5) is 0 Å². The van der Waals surface area contributed by atoms with E-state index in [0.29, 0.717) is 0 Å². The van der Waals surface area contributed by atoms with Crippen LogP contribution in [0.5, 0.6) is 5.88 Å². The summed E-state index contributed by atoms with van der Waals surface area (Å²) in [7, 11) is 1.87. The Morgan fingerprint density at radius 1 is 1.21 bits per heavy atom. The first-order valence-electron chi connectivity index (χ1n) is 13.5. The van der Waals surface area contributed by atoms with Gasteiger partial charge in [-0.25, -0.2) is 9.67 Å². The van der Waals surface area contributed by atoms with Gasteiger partial charge in [-0.15, -0.1) is 5.10 Å². The van der Waals surface area contributed by atoms with Crippen LogP contribution in [-0.2, 0) is 24.9 Å². The SMILES string of the molecule is CCC1CN(Cc2cc(C(c3ccc4c(nnn4C)c3C)C(C)(C)C(=O)O)ccc2C)Cc2cccnc2O1. The molecule has 0 bridgehead atoms. The molecule has 39 heavy (non-hydrogen) atoms. The van der Waals surface area contributed by atoms with Crippen LogP contribution in [0.1, 0.15) is 66.5 Å². The van der Waals surface area contributed by atoms with E-state index in [4.69, 9.17) is 4.74 Å². The Morgan fingerprint density at radius 3 is 2.74 bits per heavy atom. The Morgan fingerprint density at radius 2 is 2.00 bits per heavy atom. The molecule has 2 unspecified atom stereocenters. The zero-order valence-electron chi connectivity index (χ0n) is 23.6. The second-order valence-electron chi connectivity index (χ2n) is 11.3. The van der Waals surface area contributed by atoms with E-state index >= 15 is 0 Å². The number of aliphatic carboxylic acids is 1. The van der Waals surface area contributed by atoms with Gasteiger partial charge in [-0.1, -0.05) is 42.5 Å². The van der Waals surface area contributed by atoms with E-state index in [1.54, 1.807) is 10.9 Å². The molecule has 0 spiro atoms. The molecule has 0 saturated carbocycles. The monoisotopic (exact) mass is 527 g/mol. The highest BCUT2D eigenvalue weighted by Gasteiger charge is 2.40. The molecule has 2 aromatic carbocycles. The molecule has 2 aromatic heterocycles. The molecule has 1 aliphatic rings. The van der Waals surface area contributed by atoms with Crippen molar-refractivity contribution in [2.75, 3.05) is 6.54 Å². The molecule has 8 heteroatoms. The average Bonchev–Trinajstić information content (AvgIpc) is 3.18. The van der Waals surface area contributed by atoms with Crippen molar-refractivity contribution in [2.24, 2.45) is 12.5 Å². The minimum atomic E-state index is -1.05. The van der Waals surface area contributed by atoms with Crippen molar-refractivity contribution in [1.82, 2.24) is 24.9 Å². The number of fused-ring (bicyclic) bond motifs is 2. The molecule has 2 atom stereocenters. The Bertz CT molecular complexity index is 1530. The fourth-order valence-corrected chi connectivity index (χ4v) is 5.72. The molecule has 0 aliphatic carbocycles. The highest BCUT2D eigenvalue weighted by atomic mass is 16.5. The van der Waals surface area contributed by atoms with E-state index in [-0.39, 0.29) is 12.0 Å². The highest BCUT2D eigenvalue weighted by Crippen LogP contribution is 2.44. The molecule has 3 heterocycles. The Labute approximate surface area is 229 Å². The fraction of sp³-hybridized carbons (Fsp3) is 0.419. The van der Waals surface area contributed by atoms with E-state index in [0.717, 1.165) is 65.2 Å². The maximum atomic E-state index is 12.6. The second-order valence-corrected chi connectivity index (χ2v) is 11.3. The zero-order valence-corrected chi connectivity index (χ0v) is 23.6. The number of carboxylic acid groups (broad SMARTS) is 1. The number of pyridine rings is 1. The van der Waals surface area contributed by atoms with Crippen LogP contribution in [0, 0.1) is 19.3 Å². The summed E-state index contributed by atoms with van der Waals surface area (Å²) in [5, 5.41) is 18.9. The summed E-state index contributed by atoms with van der Waals surface area (Å²) >= 11 is 0. The fourth-order valence-electron chi connectivity index (χ4n) is 5.72. The van der Waals surface area contributed by atoms with Crippen LogP contribution in [0.15, 0.2) is 48.7 Å². The minimum Gasteiger partial charge on any atom is -0.481 e. The minimum absolute atomic E-state index is 0.0599. The summed E-state index contributed by atoms with van der Waals surface area (Å²) in [5.41, 5.74) is 7.01.